The van der Waals surface area contributed by atoms with Crippen LogP contribution in [0.15, 0.2) is 0 Å². The van der Waals surface area contributed by atoms with E-state index in [9.17, 15) is 0 Å². The van der Waals surface area contributed by atoms with E-state index in [1.807, 2.05) is 0 Å². The van der Waals surface area contributed by atoms with Crippen molar-refractivity contribution in [1.29, 1.82) is 0 Å². The molecule has 0 spiro atoms. The highest BCUT2D eigenvalue weighted by molar-refractivity contribution is 7.57. The maximum atomic E-state index is 5.78. The molecule has 9 heteroatoms. The molecule has 1 aliphatic rings. The maximum Gasteiger partial charge on any atom is 0.327 e. The van der Waals surface area contributed by atoms with Crippen LogP contribution in [0, 0.1) is 0 Å². The minimum absolute atomic E-state index is 1.67. The van der Waals surface area contributed by atoms with Gasteiger partial charge in [0.2, 0.25) is 0 Å². The van der Waals surface area contributed by atoms with E-state index in [2.05, 4.69) is 0 Å². The molecular formula is C3Cl8Si. The molecule has 0 aromatic carbocycles. The third kappa shape index (κ3) is 1.12. The Morgan fingerprint density at radius 1 is 0.667 bits per heavy atom. The first kappa shape index (κ1) is 12.6. The lowest BCUT2D eigenvalue weighted by Gasteiger charge is -2.59. The second-order valence-electron chi connectivity index (χ2n) is 2.30. The monoisotopic (exact) mass is 344 g/mol. The Morgan fingerprint density at radius 3 is 1.00 bits per heavy atom. The van der Waals surface area contributed by atoms with E-state index in [1.54, 1.807) is 0 Å². The highest BCUT2D eigenvalue weighted by atomic mass is 35.7. The van der Waals surface area contributed by atoms with Crippen LogP contribution in [-0.4, -0.2) is 18.9 Å². The summed E-state index contributed by atoms with van der Waals surface area (Å²) < 4.78 is -5.09. The van der Waals surface area contributed by atoms with Gasteiger partial charge in [0.25, 0.3) is 0 Å². The molecule has 0 saturated carbocycles. The number of hydrogen-bond donors (Lipinski definition) is 0. The van der Waals surface area contributed by atoms with Crippen LogP contribution in [-0.2, 0) is 0 Å². The molecule has 0 radical (unpaired) electrons. The number of hydrogen-bond acceptors (Lipinski definition) is 0. The summed E-state index contributed by atoms with van der Waals surface area (Å²) in [4.78, 5) is 0. The minimum Gasteiger partial charge on any atom is -0.139 e. The molecule has 0 bridgehead atoms. The van der Waals surface area contributed by atoms with Gasteiger partial charge in [0.15, 0.2) is 12.2 Å². The molecule has 0 aromatic heterocycles. The molecule has 0 atom stereocenters. The van der Waals surface area contributed by atoms with Gasteiger partial charge < -0.3 is 0 Å². The zero-order valence-corrected chi connectivity index (χ0v) is 12.1. The van der Waals surface area contributed by atoms with Crippen molar-refractivity contribution in [2.75, 3.05) is 0 Å². The average molecular weight is 348 g/mol. The van der Waals surface area contributed by atoms with Crippen molar-refractivity contribution in [3.63, 3.8) is 0 Å². The minimum atomic E-state index is -3.30. The molecule has 0 N–H and O–H groups in total. The molecule has 12 heavy (non-hydrogen) atoms. The molecule has 0 aromatic rings. The van der Waals surface area contributed by atoms with Crippen LogP contribution in [0.2, 0.25) is 0 Å². The third-order valence-corrected chi connectivity index (χ3v) is 16.7. The molecule has 1 rings (SSSR count). The predicted molar refractivity (Wildman–Crippen MR) is 60.8 cm³/mol. The summed E-state index contributed by atoms with van der Waals surface area (Å²) in [5.74, 6) is 0. The highest BCUT2D eigenvalue weighted by Crippen LogP contribution is 2.74. The zero-order valence-electron chi connectivity index (χ0n) is 5.02. The summed E-state index contributed by atoms with van der Waals surface area (Å²) in [6.07, 6.45) is 0. The Kier molecular flexibility index (Phi) is 3.17. The lowest BCUT2D eigenvalue weighted by Crippen LogP contribution is -2.82. The van der Waals surface area contributed by atoms with Crippen LogP contribution >= 0.6 is 91.8 Å². The van der Waals surface area contributed by atoms with Gasteiger partial charge in [0.05, 0.1) is 0 Å². The Labute approximate surface area is 110 Å². The second-order valence-corrected chi connectivity index (χ2v) is 14.2. The van der Waals surface area contributed by atoms with Crippen molar-refractivity contribution in [3.8, 4) is 0 Å². The summed E-state index contributed by atoms with van der Waals surface area (Å²) in [6.45, 7) is -3.30. The molecule has 72 valence electrons. The van der Waals surface area contributed by atoms with E-state index < -0.39 is 18.9 Å². The lowest BCUT2D eigenvalue weighted by atomic mass is 10.5. The van der Waals surface area contributed by atoms with Gasteiger partial charge in [-0.05, 0) is 0 Å². The summed E-state index contributed by atoms with van der Waals surface area (Å²) in [5.41, 5.74) is 0. The molecule has 1 fully saturated rings. The van der Waals surface area contributed by atoms with Crippen LogP contribution in [0.25, 0.3) is 0 Å². The SMILES string of the molecule is ClC1(Cl)C(Cl)(Cl)[Si](Cl)(Cl)C1(Cl)Cl. The molecule has 0 amide bonds. The van der Waals surface area contributed by atoms with Gasteiger partial charge in [0, 0.05) is 0 Å². The van der Waals surface area contributed by atoms with Gasteiger partial charge in [-0.25, -0.2) is 0 Å². The van der Waals surface area contributed by atoms with Crippen LogP contribution < -0.4 is 0 Å². The largest absolute Gasteiger partial charge is 0.327 e. The van der Waals surface area contributed by atoms with E-state index in [4.69, 9.17) is 91.8 Å². The first-order chi connectivity index (χ1) is 5.00. The van der Waals surface area contributed by atoms with E-state index in [0.29, 0.717) is 0 Å². The fraction of sp³-hybridized carbons (Fsp3) is 1.00. The van der Waals surface area contributed by atoms with Crippen molar-refractivity contribution >= 4 is 98.5 Å². The van der Waals surface area contributed by atoms with Gasteiger partial charge in [-0.2, -0.15) is 0 Å². The van der Waals surface area contributed by atoms with Gasteiger partial charge in [-0.15, -0.1) is 22.2 Å². The summed E-state index contributed by atoms with van der Waals surface area (Å²) in [5, 5.41) is 0. The van der Waals surface area contributed by atoms with Crippen molar-refractivity contribution in [1.82, 2.24) is 0 Å². The molecule has 1 heterocycles. The van der Waals surface area contributed by atoms with E-state index >= 15 is 0 Å². The topological polar surface area (TPSA) is 0 Å². The maximum absolute atomic E-state index is 5.78. The van der Waals surface area contributed by atoms with Crippen molar-refractivity contribution < 1.29 is 0 Å². The first-order valence-corrected chi connectivity index (χ1v) is 8.80. The molecule has 1 saturated heterocycles. The Bertz CT molecular complexity index is 154. The second kappa shape index (κ2) is 3.02. The summed E-state index contributed by atoms with van der Waals surface area (Å²) >= 11 is 45.7. The molecule has 0 nitrogen and oxygen atoms in total. The Hall–Kier alpha value is 2.54. The van der Waals surface area contributed by atoms with Crippen molar-refractivity contribution in [2.45, 2.75) is 12.2 Å². The van der Waals surface area contributed by atoms with Gasteiger partial charge in [-0.3, -0.25) is 0 Å². The highest BCUT2D eigenvalue weighted by Gasteiger charge is 2.89. The Morgan fingerprint density at radius 2 is 0.917 bits per heavy atom. The molecule has 1 aliphatic heterocycles. The zero-order chi connectivity index (χ0) is 10.0. The third-order valence-electron chi connectivity index (χ3n) is 1.58. The molecular weight excluding hydrogens is 348 g/mol. The number of alkyl halides is 6. The number of rotatable bonds is 0. The molecule has 0 unspecified atom stereocenters. The smallest absolute Gasteiger partial charge is 0.139 e. The fourth-order valence-electron chi connectivity index (χ4n) is 0.726. The van der Waals surface area contributed by atoms with Gasteiger partial charge >= 0.3 is 6.69 Å². The van der Waals surface area contributed by atoms with Crippen molar-refractivity contribution in [3.05, 3.63) is 0 Å². The summed E-state index contributed by atoms with van der Waals surface area (Å²) in [6, 6.07) is 0. The van der Waals surface area contributed by atoms with Crippen LogP contribution in [0.1, 0.15) is 0 Å². The van der Waals surface area contributed by atoms with E-state index in [1.165, 1.54) is 0 Å². The fourth-order valence-corrected chi connectivity index (χ4v) is 10.0. The van der Waals surface area contributed by atoms with Crippen LogP contribution in [0.5, 0.6) is 0 Å². The van der Waals surface area contributed by atoms with Gasteiger partial charge in [-0.1, -0.05) is 69.6 Å². The quantitative estimate of drug-likeness (QED) is 0.343. The van der Waals surface area contributed by atoms with Crippen LogP contribution in [0.3, 0.4) is 0 Å². The van der Waals surface area contributed by atoms with Gasteiger partial charge in [0.1, 0.15) is 0 Å². The first-order valence-electron chi connectivity index (χ1n) is 2.51. The number of halogens is 8. The van der Waals surface area contributed by atoms with E-state index in [-0.39, 0.29) is 0 Å². The normalized spacial score (nSPS) is 34.0. The Balaban J connectivity index is 3.16. The molecule has 0 aliphatic carbocycles. The standard InChI is InChI=1S/C3Cl8Si/c4-1(5)2(6,7)12(10,11)3(1,8)9. The lowest BCUT2D eigenvalue weighted by molar-refractivity contribution is 0.700. The summed E-state index contributed by atoms with van der Waals surface area (Å²) in [7, 11) is 0. The van der Waals surface area contributed by atoms with Crippen molar-refractivity contribution in [2.24, 2.45) is 0 Å². The van der Waals surface area contributed by atoms with Crippen LogP contribution in [0.4, 0.5) is 0 Å². The predicted octanol–water partition coefficient (Wildman–Crippen LogP) is 4.52. The van der Waals surface area contributed by atoms with E-state index in [0.717, 1.165) is 0 Å². The average Bonchev–Trinajstić information content (AvgIpc) is 1.84.